The third kappa shape index (κ3) is 3.08. The van der Waals surface area contributed by atoms with Crippen LogP contribution in [-0.2, 0) is 4.79 Å². The van der Waals surface area contributed by atoms with Gasteiger partial charge in [0.1, 0.15) is 0 Å². The lowest BCUT2D eigenvalue weighted by Gasteiger charge is -2.07. The number of carbonyl (C=O) groups is 1. The second kappa shape index (κ2) is 5.69. The summed E-state index contributed by atoms with van der Waals surface area (Å²) in [4.78, 5) is 16.0. The number of hydrogen-bond donors (Lipinski definition) is 2. The number of aromatic nitrogens is 3. The fourth-order valence-corrected chi connectivity index (χ4v) is 2.33. The molecule has 2 heterocycles. The Balaban J connectivity index is 1.59. The molecule has 7 nitrogen and oxygen atoms in total. The Labute approximate surface area is 140 Å². The van der Waals surface area contributed by atoms with Gasteiger partial charge in [0.25, 0.3) is 0 Å². The number of nitrogens with two attached hydrogens (primary N) is 1. The molecule has 3 aromatic rings. The van der Waals surface area contributed by atoms with Crippen molar-refractivity contribution in [3.63, 3.8) is 0 Å². The van der Waals surface area contributed by atoms with Gasteiger partial charge in [0.2, 0.25) is 17.5 Å². The highest BCUT2D eigenvalue weighted by atomic mass is 19.1. The summed E-state index contributed by atoms with van der Waals surface area (Å²) in [5.41, 5.74) is 5.78. The van der Waals surface area contributed by atoms with Crippen LogP contribution in [0.15, 0.2) is 30.5 Å². The Morgan fingerprint density at radius 1 is 1.28 bits per heavy atom. The number of amides is 1. The molecule has 4 rings (SSSR count). The summed E-state index contributed by atoms with van der Waals surface area (Å²) in [6, 6.07) is 4.89. The highest BCUT2D eigenvalue weighted by Crippen LogP contribution is 2.30. The summed E-state index contributed by atoms with van der Waals surface area (Å²) in [5, 5.41) is 6.78. The van der Waals surface area contributed by atoms with Crippen LogP contribution in [-0.4, -0.2) is 20.5 Å². The predicted molar refractivity (Wildman–Crippen MR) is 85.2 cm³/mol. The van der Waals surface area contributed by atoms with Crippen LogP contribution in [0, 0.1) is 17.6 Å². The maximum Gasteiger partial charge on any atom is 0.237 e. The van der Waals surface area contributed by atoms with Gasteiger partial charge in [-0.25, -0.2) is 18.3 Å². The first-order chi connectivity index (χ1) is 12.0. The second-order valence-corrected chi connectivity index (χ2v) is 5.78. The number of hydrogen-bond acceptors (Lipinski definition) is 5. The Kier molecular flexibility index (Phi) is 3.48. The number of anilines is 2. The summed E-state index contributed by atoms with van der Waals surface area (Å²) < 4.78 is 34.1. The third-order valence-corrected chi connectivity index (χ3v) is 3.72. The molecule has 2 aromatic heterocycles. The van der Waals surface area contributed by atoms with Crippen LogP contribution in [0.3, 0.4) is 0 Å². The van der Waals surface area contributed by atoms with Crippen molar-refractivity contribution in [1.29, 1.82) is 0 Å². The molecule has 0 spiro atoms. The molecule has 1 aliphatic rings. The maximum absolute atomic E-state index is 13.8. The molecule has 0 saturated heterocycles. The van der Waals surface area contributed by atoms with Gasteiger partial charge in [-0.05, 0) is 18.9 Å². The quantitative estimate of drug-likeness (QED) is 0.709. The molecule has 1 saturated carbocycles. The van der Waals surface area contributed by atoms with E-state index in [1.165, 1.54) is 16.8 Å². The topological polar surface area (TPSA) is 94.5 Å². The van der Waals surface area contributed by atoms with Gasteiger partial charge >= 0.3 is 0 Å². The largest absolute Gasteiger partial charge is 0.431 e. The number of rotatable bonds is 4. The second-order valence-electron chi connectivity index (χ2n) is 5.78. The van der Waals surface area contributed by atoms with Crippen LogP contribution >= 0.6 is 0 Å². The number of nitrogens with one attached hydrogen (secondary N) is 1. The van der Waals surface area contributed by atoms with E-state index < -0.39 is 17.4 Å². The molecule has 1 fully saturated rings. The minimum Gasteiger partial charge on any atom is -0.431 e. The van der Waals surface area contributed by atoms with Crippen molar-refractivity contribution in [2.24, 2.45) is 5.92 Å². The first-order valence-corrected chi connectivity index (χ1v) is 7.59. The zero-order chi connectivity index (χ0) is 17.6. The highest BCUT2D eigenvalue weighted by Gasteiger charge is 2.30. The fraction of sp³-hybridized carbons (Fsp3) is 0.188. The van der Waals surface area contributed by atoms with Crippen LogP contribution in [0.1, 0.15) is 12.8 Å². The van der Waals surface area contributed by atoms with Gasteiger partial charge in [-0.15, -0.1) is 5.10 Å². The van der Waals surface area contributed by atoms with Crippen molar-refractivity contribution in [2.45, 2.75) is 12.8 Å². The normalized spacial score (nSPS) is 13.8. The molecule has 0 bridgehead atoms. The number of benzene rings is 1. The van der Waals surface area contributed by atoms with Gasteiger partial charge < -0.3 is 15.8 Å². The average Bonchev–Trinajstić information content (AvgIpc) is 3.32. The zero-order valence-corrected chi connectivity index (χ0v) is 12.9. The lowest BCUT2D eigenvalue weighted by molar-refractivity contribution is -0.117. The van der Waals surface area contributed by atoms with Crippen molar-refractivity contribution in [3.8, 4) is 11.6 Å². The minimum atomic E-state index is -0.928. The number of fused-ring (bicyclic) bond motifs is 1. The van der Waals surface area contributed by atoms with Crippen LogP contribution < -0.4 is 15.8 Å². The molecule has 0 atom stereocenters. The minimum absolute atomic E-state index is 0.0347. The van der Waals surface area contributed by atoms with E-state index >= 15 is 0 Å². The number of carbonyl (C=O) groups excluding carboxylic acids is 1. The third-order valence-electron chi connectivity index (χ3n) is 3.72. The molecular weight excluding hydrogens is 332 g/mol. The van der Waals surface area contributed by atoms with E-state index in [2.05, 4.69) is 15.4 Å². The van der Waals surface area contributed by atoms with E-state index in [0.717, 1.165) is 25.0 Å². The number of nitrogen functional groups attached to an aromatic ring is 1. The maximum atomic E-state index is 13.8. The molecule has 0 unspecified atom stereocenters. The Morgan fingerprint density at radius 3 is 2.68 bits per heavy atom. The van der Waals surface area contributed by atoms with Crippen molar-refractivity contribution in [2.75, 3.05) is 11.1 Å². The standard InChI is InChI=1S/C16H13F2N5O2/c17-10-5-9(19)6-11(18)15(10)25-14-4-3-13-20-12(7-23(13)22-14)21-16(24)8-1-2-8/h3-8H,1-2,19H2,(H,21,24). The van der Waals surface area contributed by atoms with Gasteiger partial charge in [0, 0.05) is 29.8 Å². The lowest BCUT2D eigenvalue weighted by atomic mass is 10.3. The van der Waals surface area contributed by atoms with Crippen LogP contribution in [0.5, 0.6) is 11.6 Å². The smallest absolute Gasteiger partial charge is 0.237 e. The predicted octanol–water partition coefficient (Wildman–Crippen LogP) is 2.73. The van der Waals surface area contributed by atoms with Crippen molar-refractivity contribution < 1.29 is 18.3 Å². The lowest BCUT2D eigenvalue weighted by Crippen LogP contribution is -2.13. The molecule has 0 radical (unpaired) electrons. The van der Waals surface area contributed by atoms with Crippen LogP contribution in [0.4, 0.5) is 20.3 Å². The summed E-state index contributed by atoms with van der Waals surface area (Å²) in [7, 11) is 0. The molecule has 3 N–H and O–H groups in total. The first kappa shape index (κ1) is 15.3. The Bertz CT molecular complexity index is 961. The van der Waals surface area contributed by atoms with Crippen LogP contribution in [0.2, 0.25) is 0 Å². The molecule has 1 amide bonds. The van der Waals surface area contributed by atoms with E-state index in [9.17, 15) is 13.6 Å². The summed E-state index contributed by atoms with van der Waals surface area (Å²) in [6.07, 6.45) is 3.26. The van der Waals surface area contributed by atoms with Crippen molar-refractivity contribution in [1.82, 2.24) is 14.6 Å². The average molecular weight is 345 g/mol. The summed E-state index contributed by atoms with van der Waals surface area (Å²) >= 11 is 0. The molecule has 9 heteroatoms. The summed E-state index contributed by atoms with van der Waals surface area (Å²) in [6.45, 7) is 0. The number of halogens is 2. The molecular formula is C16H13F2N5O2. The van der Waals surface area contributed by atoms with Gasteiger partial charge in [0.15, 0.2) is 23.1 Å². The van der Waals surface area contributed by atoms with Gasteiger partial charge in [-0.2, -0.15) is 0 Å². The highest BCUT2D eigenvalue weighted by molar-refractivity contribution is 5.93. The SMILES string of the molecule is Nc1cc(F)c(Oc2ccc3nc(NC(=O)C4CC4)cn3n2)c(F)c1. The number of nitrogens with zero attached hydrogens (tertiary/aromatic N) is 3. The zero-order valence-electron chi connectivity index (χ0n) is 12.9. The van der Waals surface area contributed by atoms with Gasteiger partial charge in [0.05, 0.1) is 6.20 Å². The van der Waals surface area contributed by atoms with E-state index in [1.807, 2.05) is 0 Å². The molecule has 1 aromatic carbocycles. The van der Waals surface area contributed by atoms with E-state index in [0.29, 0.717) is 11.5 Å². The van der Waals surface area contributed by atoms with Gasteiger partial charge in [-0.1, -0.05) is 0 Å². The Morgan fingerprint density at radius 2 is 2.00 bits per heavy atom. The molecule has 0 aliphatic heterocycles. The number of ether oxygens (including phenoxy) is 1. The van der Waals surface area contributed by atoms with E-state index in [4.69, 9.17) is 10.5 Å². The monoisotopic (exact) mass is 345 g/mol. The molecule has 1 aliphatic carbocycles. The fourth-order valence-electron chi connectivity index (χ4n) is 2.33. The van der Waals surface area contributed by atoms with Crippen LogP contribution in [0.25, 0.3) is 5.65 Å². The first-order valence-electron chi connectivity index (χ1n) is 7.59. The summed E-state index contributed by atoms with van der Waals surface area (Å²) in [5.74, 6) is -2.16. The Hall–Kier alpha value is -3.23. The number of imidazole rings is 1. The van der Waals surface area contributed by atoms with E-state index in [-0.39, 0.29) is 23.4 Å². The molecule has 25 heavy (non-hydrogen) atoms. The van der Waals surface area contributed by atoms with Gasteiger partial charge in [-0.3, -0.25) is 4.79 Å². The molecule has 128 valence electrons. The van der Waals surface area contributed by atoms with Crippen molar-refractivity contribution in [3.05, 3.63) is 42.1 Å². The van der Waals surface area contributed by atoms with Crippen molar-refractivity contribution >= 4 is 23.1 Å². The van der Waals surface area contributed by atoms with E-state index in [1.54, 1.807) is 6.07 Å².